The average molecular weight is 274 g/mol. The van der Waals surface area contributed by atoms with E-state index in [1.165, 1.54) is 29.4 Å². The summed E-state index contributed by atoms with van der Waals surface area (Å²) in [5, 5.41) is 0. The molecule has 0 aromatic heterocycles. The number of hydrogen-bond donors (Lipinski definition) is 0. The highest BCUT2D eigenvalue weighted by molar-refractivity contribution is 6.80. The van der Waals surface area contributed by atoms with Crippen LogP contribution in [-0.4, -0.2) is 6.71 Å². The molecule has 0 amide bonds. The monoisotopic (exact) mass is 274 g/mol. The summed E-state index contributed by atoms with van der Waals surface area (Å²) >= 11 is 0. The van der Waals surface area contributed by atoms with Crippen molar-refractivity contribution < 1.29 is 0 Å². The minimum absolute atomic E-state index is 0.552. The second-order valence-corrected chi connectivity index (χ2v) is 6.17. The molecule has 3 rings (SSSR count). The summed E-state index contributed by atoms with van der Waals surface area (Å²) in [4.78, 5) is 0. The Bertz CT molecular complexity index is 594. The number of fused-ring (bicyclic) bond motifs is 1. The molecule has 0 aliphatic heterocycles. The largest absolute Gasteiger partial charge is 0.184 e. The van der Waals surface area contributed by atoms with E-state index in [4.69, 9.17) is 0 Å². The van der Waals surface area contributed by atoms with E-state index in [0.717, 1.165) is 6.42 Å². The van der Waals surface area contributed by atoms with E-state index in [2.05, 4.69) is 68.0 Å². The molecule has 2 aliphatic rings. The Balaban J connectivity index is 1.85. The van der Waals surface area contributed by atoms with Gasteiger partial charge in [-0.1, -0.05) is 73.0 Å². The summed E-state index contributed by atoms with van der Waals surface area (Å²) in [6, 6.07) is 8.96. The van der Waals surface area contributed by atoms with Gasteiger partial charge in [-0.2, -0.15) is 0 Å². The molecule has 0 saturated carbocycles. The Morgan fingerprint density at radius 1 is 1.19 bits per heavy atom. The molecule has 1 aromatic carbocycles. The van der Waals surface area contributed by atoms with Gasteiger partial charge in [0.15, 0.2) is 6.71 Å². The molecule has 1 aromatic rings. The van der Waals surface area contributed by atoms with Crippen molar-refractivity contribution in [3.63, 3.8) is 0 Å². The van der Waals surface area contributed by atoms with Crippen LogP contribution in [0.15, 0.2) is 67.3 Å². The molecule has 1 atom stereocenters. The van der Waals surface area contributed by atoms with Crippen LogP contribution in [0.4, 0.5) is 0 Å². The second kappa shape index (κ2) is 6.34. The van der Waals surface area contributed by atoms with Crippen LogP contribution in [0.3, 0.4) is 0 Å². The number of hydrogen-bond acceptors (Lipinski definition) is 0. The minimum Gasteiger partial charge on any atom is -0.103 e. The highest BCUT2D eigenvalue weighted by atomic mass is 14.2. The van der Waals surface area contributed by atoms with Crippen LogP contribution < -0.4 is 0 Å². The molecule has 106 valence electrons. The highest BCUT2D eigenvalue weighted by Crippen LogP contribution is 2.42. The van der Waals surface area contributed by atoms with Gasteiger partial charge in [-0.05, 0) is 36.2 Å². The summed E-state index contributed by atoms with van der Waals surface area (Å²) in [6.07, 6.45) is 17.1. The first-order chi connectivity index (χ1) is 10.3. The molecule has 0 nitrogen and oxygen atoms in total. The van der Waals surface area contributed by atoms with Gasteiger partial charge in [0.2, 0.25) is 0 Å². The third-order valence-electron chi connectivity index (χ3n) is 4.82. The van der Waals surface area contributed by atoms with Crippen LogP contribution in [-0.2, 0) is 0 Å². The Kier molecular flexibility index (Phi) is 4.29. The molecular weight excluding hydrogens is 251 g/mol. The van der Waals surface area contributed by atoms with Gasteiger partial charge in [-0.25, -0.2) is 0 Å². The van der Waals surface area contributed by atoms with Gasteiger partial charge in [0.25, 0.3) is 0 Å². The molecule has 1 unspecified atom stereocenters. The Morgan fingerprint density at radius 2 is 1.95 bits per heavy atom. The average Bonchev–Trinajstić information content (AvgIpc) is 3.15. The molecule has 0 saturated heterocycles. The lowest BCUT2D eigenvalue weighted by Gasteiger charge is -2.15. The number of unbranched alkanes of at least 4 members (excludes halogenated alkanes) is 1. The fraction of sp³-hybridized carbons (Fsp3) is 0.300. The van der Waals surface area contributed by atoms with Crippen molar-refractivity contribution in [1.82, 2.24) is 0 Å². The lowest BCUT2D eigenvalue weighted by Crippen LogP contribution is -2.14. The molecule has 0 N–H and O–H groups in total. The maximum atomic E-state index is 3.83. The maximum Gasteiger partial charge on any atom is 0.184 e. The predicted octanol–water partition coefficient (Wildman–Crippen LogP) is 5.68. The van der Waals surface area contributed by atoms with Crippen LogP contribution in [0, 0.1) is 0 Å². The van der Waals surface area contributed by atoms with Gasteiger partial charge >= 0.3 is 0 Å². The van der Waals surface area contributed by atoms with Crippen molar-refractivity contribution in [2.75, 3.05) is 0 Å². The van der Waals surface area contributed by atoms with Crippen LogP contribution in [0.25, 0.3) is 5.47 Å². The molecule has 21 heavy (non-hydrogen) atoms. The van der Waals surface area contributed by atoms with Crippen molar-refractivity contribution in [2.45, 2.75) is 37.8 Å². The number of benzene rings is 1. The van der Waals surface area contributed by atoms with Gasteiger partial charge in [0.1, 0.15) is 0 Å². The summed E-state index contributed by atoms with van der Waals surface area (Å²) in [5.74, 6) is 1.14. The van der Waals surface area contributed by atoms with Crippen molar-refractivity contribution in [3.8, 4) is 0 Å². The smallest absolute Gasteiger partial charge is 0.103 e. The first kappa shape index (κ1) is 14.2. The van der Waals surface area contributed by atoms with Crippen LogP contribution >= 0.6 is 0 Å². The van der Waals surface area contributed by atoms with Crippen molar-refractivity contribution in [1.29, 1.82) is 0 Å². The van der Waals surface area contributed by atoms with Gasteiger partial charge < -0.3 is 0 Å². The van der Waals surface area contributed by atoms with Crippen molar-refractivity contribution in [3.05, 3.63) is 78.4 Å². The van der Waals surface area contributed by atoms with Gasteiger partial charge in [0, 0.05) is 5.92 Å². The molecule has 0 spiro atoms. The number of rotatable bonds is 6. The van der Waals surface area contributed by atoms with Crippen molar-refractivity contribution >= 4 is 12.2 Å². The van der Waals surface area contributed by atoms with E-state index in [0.29, 0.717) is 18.4 Å². The Hall–Kier alpha value is -1.76. The first-order valence-corrected chi connectivity index (χ1v) is 8.08. The summed E-state index contributed by atoms with van der Waals surface area (Å²) in [6.45, 7) is 6.76. The Morgan fingerprint density at radius 3 is 2.71 bits per heavy atom. The van der Waals surface area contributed by atoms with Crippen LogP contribution in [0.5, 0.6) is 0 Å². The van der Waals surface area contributed by atoms with Crippen molar-refractivity contribution in [2.24, 2.45) is 0 Å². The molecule has 1 heteroatoms. The van der Waals surface area contributed by atoms with Gasteiger partial charge in [-0.3, -0.25) is 0 Å². The van der Waals surface area contributed by atoms with E-state index in [9.17, 15) is 0 Å². The highest BCUT2D eigenvalue weighted by Gasteiger charge is 2.30. The van der Waals surface area contributed by atoms with E-state index < -0.39 is 0 Å². The third-order valence-corrected chi connectivity index (χ3v) is 4.82. The zero-order chi connectivity index (χ0) is 14.7. The fourth-order valence-electron chi connectivity index (χ4n) is 3.59. The molecule has 0 heterocycles. The van der Waals surface area contributed by atoms with Crippen LogP contribution in [0.1, 0.15) is 36.3 Å². The van der Waals surface area contributed by atoms with E-state index >= 15 is 0 Å². The Labute approximate surface area is 129 Å². The maximum absolute atomic E-state index is 3.83. The second-order valence-electron chi connectivity index (χ2n) is 6.17. The van der Waals surface area contributed by atoms with E-state index in [-0.39, 0.29) is 0 Å². The lowest BCUT2D eigenvalue weighted by molar-refractivity contribution is 0.692. The van der Waals surface area contributed by atoms with Gasteiger partial charge in [-0.15, -0.1) is 6.58 Å². The zero-order valence-corrected chi connectivity index (χ0v) is 12.8. The standard InChI is InChI=1S/C20H23B/c1-3-4-5-10-16-15-20(19-14-9-8-13-18(16)19)21(2)17-11-6-7-12-17/h3,6-9,11-17H,1,4-5,10H2,2H3. The van der Waals surface area contributed by atoms with Crippen LogP contribution in [0.2, 0.25) is 12.6 Å². The quantitative estimate of drug-likeness (QED) is 0.355. The SMILES string of the molecule is C=CCCCC1C=C(B(C)C2C=CC=C2)c2ccccc21. The minimum atomic E-state index is 0.552. The molecule has 2 aliphatic carbocycles. The normalized spacial score (nSPS) is 19.7. The fourth-order valence-corrected chi connectivity index (χ4v) is 3.59. The zero-order valence-electron chi connectivity index (χ0n) is 12.8. The van der Waals surface area contributed by atoms with Gasteiger partial charge in [0.05, 0.1) is 0 Å². The molecule has 0 bridgehead atoms. The molecule has 0 fully saturated rings. The third kappa shape index (κ3) is 2.83. The summed E-state index contributed by atoms with van der Waals surface area (Å²) in [5.41, 5.74) is 4.53. The predicted molar refractivity (Wildman–Crippen MR) is 94.9 cm³/mol. The topological polar surface area (TPSA) is 0 Å². The van der Waals surface area contributed by atoms with E-state index in [1.54, 1.807) is 0 Å². The first-order valence-electron chi connectivity index (χ1n) is 8.08. The van der Waals surface area contributed by atoms with E-state index in [1.807, 2.05) is 6.08 Å². The summed E-state index contributed by atoms with van der Waals surface area (Å²) < 4.78 is 0. The molecule has 0 radical (unpaired) electrons. The number of allylic oxidation sites excluding steroid dienone is 6. The summed E-state index contributed by atoms with van der Waals surface area (Å²) in [7, 11) is 0. The lowest BCUT2D eigenvalue weighted by atomic mass is 9.38. The molecular formula is C20H23B.